The smallest absolute Gasteiger partial charge is 0.0367 e. The molecular weight excluding hydrogens is 264 g/mol. The molecule has 0 amide bonds. The Kier molecular flexibility index (Phi) is 2.39. The van der Waals surface area contributed by atoms with Crippen LogP contribution in [0, 0.1) is 0 Å². The summed E-state index contributed by atoms with van der Waals surface area (Å²) < 4.78 is 2.86. The molecule has 84 valence electrons. The van der Waals surface area contributed by atoms with Crippen molar-refractivity contribution in [1.29, 1.82) is 0 Å². The Morgan fingerprint density at radius 1 is 0.706 bits per heavy atom. The van der Waals surface area contributed by atoms with Crippen LogP contribution in [-0.2, 0) is 0 Å². The molecule has 0 nitrogen and oxygen atoms in total. The lowest BCUT2D eigenvalue weighted by Gasteiger charge is -2.10. The summed E-state index contributed by atoms with van der Waals surface area (Å²) in [5.41, 5.74) is 0. The number of benzene rings is 2. The van der Waals surface area contributed by atoms with Crippen molar-refractivity contribution >= 4 is 55.0 Å². The molecular formula is C14H10S3. The van der Waals surface area contributed by atoms with Crippen molar-refractivity contribution < 1.29 is 0 Å². The maximum atomic E-state index is 2.27. The summed E-state index contributed by atoms with van der Waals surface area (Å²) in [6, 6.07) is 13.4. The summed E-state index contributed by atoms with van der Waals surface area (Å²) in [6.07, 6.45) is 0. The van der Waals surface area contributed by atoms with E-state index in [0.29, 0.717) is 0 Å². The summed E-state index contributed by atoms with van der Waals surface area (Å²) in [5, 5.41) is 2.97. The van der Waals surface area contributed by atoms with E-state index < -0.39 is 0 Å². The summed E-state index contributed by atoms with van der Waals surface area (Å²) >= 11 is 5.92. The van der Waals surface area contributed by atoms with Crippen LogP contribution in [0.15, 0.2) is 46.2 Å². The third-order valence-electron chi connectivity index (χ3n) is 3.04. The fraction of sp³-hybridized carbons (Fsp3) is 0.143. The Morgan fingerprint density at radius 2 is 1.24 bits per heavy atom. The molecule has 3 heteroatoms. The van der Waals surface area contributed by atoms with E-state index in [0.717, 1.165) is 0 Å². The Balaban J connectivity index is 2.28. The molecule has 3 aromatic rings. The van der Waals surface area contributed by atoms with Crippen LogP contribution < -0.4 is 0 Å². The van der Waals surface area contributed by atoms with Gasteiger partial charge >= 0.3 is 0 Å². The van der Waals surface area contributed by atoms with E-state index in [1.807, 2.05) is 34.9 Å². The number of thioether (sulfide) groups is 2. The number of hydrogen-bond acceptors (Lipinski definition) is 3. The van der Waals surface area contributed by atoms with Gasteiger partial charge in [-0.15, -0.1) is 34.9 Å². The molecule has 2 heterocycles. The second-order valence-electron chi connectivity index (χ2n) is 4.06. The SMILES string of the molecule is c1cc2c3c(c1)sc1cccc(c13)SCCS2. The van der Waals surface area contributed by atoms with Gasteiger partial charge in [-0.25, -0.2) is 0 Å². The number of rotatable bonds is 0. The van der Waals surface area contributed by atoms with E-state index in [-0.39, 0.29) is 0 Å². The molecule has 0 N–H and O–H groups in total. The number of thiophene rings is 1. The Bertz CT molecular complexity index is 652. The zero-order chi connectivity index (χ0) is 11.2. The van der Waals surface area contributed by atoms with Gasteiger partial charge in [0.05, 0.1) is 0 Å². The maximum Gasteiger partial charge on any atom is 0.0367 e. The quantitative estimate of drug-likeness (QED) is 0.549. The van der Waals surface area contributed by atoms with Crippen molar-refractivity contribution in [3.05, 3.63) is 36.4 Å². The van der Waals surface area contributed by atoms with Crippen molar-refractivity contribution in [2.45, 2.75) is 9.79 Å². The van der Waals surface area contributed by atoms with Gasteiger partial charge in [-0.1, -0.05) is 12.1 Å². The monoisotopic (exact) mass is 274 g/mol. The molecule has 0 saturated heterocycles. The topological polar surface area (TPSA) is 0 Å². The van der Waals surface area contributed by atoms with Gasteiger partial charge in [0.25, 0.3) is 0 Å². The van der Waals surface area contributed by atoms with Crippen molar-refractivity contribution in [2.24, 2.45) is 0 Å². The first-order chi connectivity index (χ1) is 8.43. The molecule has 0 bridgehead atoms. The van der Waals surface area contributed by atoms with Gasteiger partial charge in [0.2, 0.25) is 0 Å². The molecule has 1 aliphatic rings. The third kappa shape index (κ3) is 1.53. The molecule has 0 aliphatic carbocycles. The first-order valence-corrected chi connectivity index (χ1v) is 8.42. The van der Waals surface area contributed by atoms with Crippen LogP contribution >= 0.6 is 34.9 Å². The van der Waals surface area contributed by atoms with Gasteiger partial charge < -0.3 is 0 Å². The zero-order valence-corrected chi connectivity index (χ0v) is 11.6. The maximum absolute atomic E-state index is 2.27. The molecule has 0 unspecified atom stereocenters. The minimum Gasteiger partial charge on any atom is -0.135 e. The Morgan fingerprint density at radius 3 is 1.76 bits per heavy atom. The lowest BCUT2D eigenvalue weighted by atomic mass is 10.1. The van der Waals surface area contributed by atoms with Crippen LogP contribution in [0.1, 0.15) is 0 Å². The summed E-state index contributed by atoms with van der Waals surface area (Å²) in [6.45, 7) is 0. The second kappa shape index (κ2) is 3.94. The van der Waals surface area contributed by atoms with Crippen LogP contribution in [0.5, 0.6) is 0 Å². The standard InChI is InChI=1S/C14H10S3/c1-3-9-13-11(5-1)17-12-6-2-4-10(14(12)13)16-8-7-15-9/h1-6H,7-8H2. The largest absolute Gasteiger partial charge is 0.135 e. The first kappa shape index (κ1) is 10.3. The highest BCUT2D eigenvalue weighted by Crippen LogP contribution is 2.45. The fourth-order valence-electron chi connectivity index (χ4n) is 2.35. The zero-order valence-electron chi connectivity index (χ0n) is 9.10. The van der Waals surface area contributed by atoms with E-state index in [1.54, 1.807) is 0 Å². The fourth-order valence-corrected chi connectivity index (χ4v) is 5.80. The molecule has 17 heavy (non-hydrogen) atoms. The van der Waals surface area contributed by atoms with Crippen LogP contribution in [0.4, 0.5) is 0 Å². The van der Waals surface area contributed by atoms with Crippen LogP contribution in [0.25, 0.3) is 20.2 Å². The van der Waals surface area contributed by atoms with Crippen molar-refractivity contribution in [3.63, 3.8) is 0 Å². The van der Waals surface area contributed by atoms with Gasteiger partial charge in [-0.2, -0.15) is 0 Å². The minimum atomic E-state index is 1.20. The molecule has 1 aliphatic heterocycles. The Labute approximate surface area is 112 Å². The van der Waals surface area contributed by atoms with Crippen LogP contribution in [0.2, 0.25) is 0 Å². The average molecular weight is 274 g/mol. The van der Waals surface area contributed by atoms with Gasteiger partial charge in [-0.3, -0.25) is 0 Å². The predicted molar refractivity (Wildman–Crippen MR) is 80.8 cm³/mol. The summed E-state index contributed by atoms with van der Waals surface area (Å²) in [7, 11) is 0. The first-order valence-electron chi connectivity index (χ1n) is 5.63. The van der Waals surface area contributed by atoms with E-state index >= 15 is 0 Å². The van der Waals surface area contributed by atoms with E-state index in [9.17, 15) is 0 Å². The molecule has 2 aromatic carbocycles. The number of hydrogen-bond donors (Lipinski definition) is 0. The predicted octanol–water partition coefficient (Wildman–Crippen LogP) is 5.25. The minimum absolute atomic E-state index is 1.20. The van der Waals surface area contributed by atoms with Crippen molar-refractivity contribution in [3.8, 4) is 0 Å². The highest BCUT2D eigenvalue weighted by atomic mass is 32.2. The van der Waals surface area contributed by atoms with Gasteiger partial charge in [0.15, 0.2) is 0 Å². The van der Waals surface area contributed by atoms with Crippen LogP contribution in [0.3, 0.4) is 0 Å². The summed E-state index contributed by atoms with van der Waals surface area (Å²) in [4.78, 5) is 2.92. The van der Waals surface area contributed by atoms with E-state index in [1.165, 1.54) is 41.5 Å². The normalized spacial score (nSPS) is 15.3. The second-order valence-corrected chi connectivity index (χ2v) is 7.41. The van der Waals surface area contributed by atoms with Crippen molar-refractivity contribution in [1.82, 2.24) is 0 Å². The van der Waals surface area contributed by atoms with Crippen molar-refractivity contribution in [2.75, 3.05) is 11.5 Å². The van der Waals surface area contributed by atoms with Gasteiger partial charge in [0, 0.05) is 41.5 Å². The van der Waals surface area contributed by atoms with Gasteiger partial charge in [0.1, 0.15) is 0 Å². The van der Waals surface area contributed by atoms with E-state index in [2.05, 4.69) is 36.4 Å². The molecule has 0 spiro atoms. The van der Waals surface area contributed by atoms with Crippen LogP contribution in [-0.4, -0.2) is 11.5 Å². The lowest BCUT2D eigenvalue weighted by Crippen LogP contribution is -1.88. The third-order valence-corrected chi connectivity index (χ3v) is 6.54. The molecule has 0 fully saturated rings. The summed E-state index contributed by atoms with van der Waals surface area (Å²) in [5.74, 6) is 2.41. The molecule has 4 rings (SSSR count). The molecule has 1 aromatic heterocycles. The molecule has 0 saturated carbocycles. The molecule has 0 atom stereocenters. The average Bonchev–Trinajstić information content (AvgIpc) is 2.71. The lowest BCUT2D eigenvalue weighted by molar-refractivity contribution is 1.45. The van der Waals surface area contributed by atoms with E-state index in [4.69, 9.17) is 0 Å². The Hall–Kier alpha value is -0.640. The highest BCUT2D eigenvalue weighted by molar-refractivity contribution is 8.03. The highest BCUT2D eigenvalue weighted by Gasteiger charge is 2.15. The molecule has 0 radical (unpaired) electrons. The van der Waals surface area contributed by atoms with Gasteiger partial charge in [-0.05, 0) is 24.3 Å².